The number of benzene rings is 1. The van der Waals surface area contributed by atoms with E-state index < -0.39 is 0 Å². The van der Waals surface area contributed by atoms with Crippen molar-refractivity contribution in [2.45, 2.75) is 38.4 Å². The first-order valence-corrected chi connectivity index (χ1v) is 8.07. The molecule has 2 aliphatic rings. The predicted octanol–water partition coefficient (Wildman–Crippen LogP) is 1.99. The summed E-state index contributed by atoms with van der Waals surface area (Å²) < 4.78 is 0. The monoisotopic (exact) mass is 287 g/mol. The van der Waals surface area contributed by atoms with E-state index in [1.54, 1.807) is 0 Å². The van der Waals surface area contributed by atoms with Crippen molar-refractivity contribution in [2.75, 3.05) is 26.2 Å². The lowest BCUT2D eigenvalue weighted by Gasteiger charge is -2.36. The molecule has 1 amide bonds. The highest BCUT2D eigenvalue weighted by molar-refractivity contribution is 5.81. The van der Waals surface area contributed by atoms with Crippen LogP contribution in [-0.4, -0.2) is 47.9 Å². The van der Waals surface area contributed by atoms with Gasteiger partial charge in [0, 0.05) is 12.6 Å². The highest BCUT2D eigenvalue weighted by Gasteiger charge is 2.33. The Morgan fingerprint density at radius 3 is 2.62 bits per heavy atom. The number of nitrogens with one attached hydrogen (secondary N) is 1. The summed E-state index contributed by atoms with van der Waals surface area (Å²) in [5.74, 6) is 0.215. The zero-order valence-corrected chi connectivity index (χ0v) is 12.8. The van der Waals surface area contributed by atoms with Gasteiger partial charge in [0.15, 0.2) is 0 Å². The Hall–Kier alpha value is -1.39. The summed E-state index contributed by atoms with van der Waals surface area (Å²) in [5, 5.41) is 3.34. The molecule has 0 radical (unpaired) electrons. The van der Waals surface area contributed by atoms with Crippen LogP contribution in [0.3, 0.4) is 0 Å². The van der Waals surface area contributed by atoms with Crippen molar-refractivity contribution in [1.29, 1.82) is 0 Å². The molecule has 1 aromatic carbocycles. The Balaban J connectivity index is 1.68. The lowest BCUT2D eigenvalue weighted by molar-refractivity contribution is -0.128. The minimum atomic E-state index is 0.0333. The number of hydrogen-bond donors (Lipinski definition) is 1. The first-order chi connectivity index (χ1) is 10.3. The molecule has 2 heterocycles. The van der Waals surface area contributed by atoms with E-state index in [1.165, 1.54) is 37.9 Å². The molecule has 2 fully saturated rings. The van der Waals surface area contributed by atoms with Gasteiger partial charge < -0.3 is 4.90 Å². The van der Waals surface area contributed by atoms with Gasteiger partial charge in [0.25, 0.3) is 0 Å². The Morgan fingerprint density at radius 1 is 1.19 bits per heavy atom. The summed E-state index contributed by atoms with van der Waals surface area (Å²) in [5.41, 5.74) is 1.18. The molecule has 1 N–H and O–H groups in total. The zero-order chi connectivity index (χ0) is 14.7. The van der Waals surface area contributed by atoms with Crippen molar-refractivity contribution in [2.24, 2.45) is 0 Å². The molecular formula is C17H25N3O. The van der Waals surface area contributed by atoms with Crippen molar-refractivity contribution < 1.29 is 4.79 Å². The average molecular weight is 287 g/mol. The number of carbonyl (C=O) groups is 1. The molecule has 0 aliphatic carbocycles. The van der Waals surface area contributed by atoms with Crippen LogP contribution in [0.5, 0.6) is 0 Å². The van der Waals surface area contributed by atoms with Gasteiger partial charge in [-0.2, -0.15) is 0 Å². The maximum absolute atomic E-state index is 12.2. The van der Waals surface area contributed by atoms with Crippen molar-refractivity contribution in [1.82, 2.24) is 15.1 Å². The van der Waals surface area contributed by atoms with E-state index in [9.17, 15) is 4.79 Å². The van der Waals surface area contributed by atoms with Gasteiger partial charge in [0.2, 0.25) is 5.91 Å². The lowest BCUT2D eigenvalue weighted by Crippen LogP contribution is -2.46. The maximum atomic E-state index is 12.2. The third-order valence-corrected chi connectivity index (χ3v) is 4.67. The predicted molar refractivity (Wildman–Crippen MR) is 83.8 cm³/mol. The van der Waals surface area contributed by atoms with E-state index in [1.807, 2.05) is 23.1 Å². The number of nitrogens with zero attached hydrogens (tertiary/aromatic N) is 2. The van der Waals surface area contributed by atoms with Crippen molar-refractivity contribution in [3.63, 3.8) is 0 Å². The van der Waals surface area contributed by atoms with Gasteiger partial charge in [-0.05, 0) is 38.4 Å². The van der Waals surface area contributed by atoms with Crippen LogP contribution in [0.4, 0.5) is 0 Å². The van der Waals surface area contributed by atoms with E-state index >= 15 is 0 Å². The third kappa shape index (κ3) is 3.27. The first-order valence-electron chi connectivity index (χ1n) is 8.07. The van der Waals surface area contributed by atoms with Crippen LogP contribution in [0.15, 0.2) is 30.3 Å². The van der Waals surface area contributed by atoms with E-state index in [4.69, 9.17) is 0 Å². The number of rotatable bonds is 4. The van der Waals surface area contributed by atoms with Gasteiger partial charge in [-0.3, -0.25) is 15.0 Å². The fraction of sp³-hybridized carbons (Fsp3) is 0.588. The molecule has 114 valence electrons. The minimum absolute atomic E-state index is 0.0333. The summed E-state index contributed by atoms with van der Waals surface area (Å²) in [7, 11) is 0. The fourth-order valence-electron chi connectivity index (χ4n) is 3.44. The van der Waals surface area contributed by atoms with E-state index in [2.05, 4.69) is 29.3 Å². The zero-order valence-electron chi connectivity index (χ0n) is 12.8. The molecule has 0 aromatic heterocycles. The summed E-state index contributed by atoms with van der Waals surface area (Å²) in [6.07, 6.45) is 3.96. The summed E-state index contributed by atoms with van der Waals surface area (Å²) >= 11 is 0. The SMILES string of the molecule is CC(CN1C(=O)CNC1c1ccccc1)N1CCCCC1. The molecule has 0 spiro atoms. The molecule has 4 heteroatoms. The number of amides is 1. The van der Waals surface area contributed by atoms with Gasteiger partial charge >= 0.3 is 0 Å². The Kier molecular flexibility index (Phi) is 4.56. The molecule has 4 nitrogen and oxygen atoms in total. The largest absolute Gasteiger partial charge is 0.320 e. The normalized spacial score (nSPS) is 25.3. The Labute approximate surface area is 127 Å². The summed E-state index contributed by atoms with van der Waals surface area (Å²) in [6, 6.07) is 10.7. The molecule has 2 atom stereocenters. The number of hydrogen-bond acceptors (Lipinski definition) is 3. The standard InChI is InChI=1S/C17H25N3O/c1-14(19-10-6-3-7-11-19)13-20-16(21)12-18-17(20)15-8-4-2-5-9-15/h2,4-5,8-9,14,17-18H,3,6-7,10-13H2,1H3. The van der Waals surface area contributed by atoms with Gasteiger partial charge in [0.1, 0.15) is 6.17 Å². The van der Waals surface area contributed by atoms with Crippen LogP contribution in [0.25, 0.3) is 0 Å². The number of piperidine rings is 1. The summed E-state index contributed by atoms with van der Waals surface area (Å²) in [4.78, 5) is 16.8. The molecular weight excluding hydrogens is 262 g/mol. The molecule has 2 aliphatic heterocycles. The van der Waals surface area contributed by atoms with Gasteiger partial charge in [-0.1, -0.05) is 36.8 Å². The second-order valence-electron chi connectivity index (χ2n) is 6.19. The second-order valence-corrected chi connectivity index (χ2v) is 6.19. The molecule has 21 heavy (non-hydrogen) atoms. The average Bonchev–Trinajstić information content (AvgIpc) is 2.90. The summed E-state index contributed by atoms with van der Waals surface area (Å²) in [6.45, 7) is 5.86. The second kappa shape index (κ2) is 6.58. The minimum Gasteiger partial charge on any atom is -0.320 e. The Bertz CT molecular complexity index is 470. The quantitative estimate of drug-likeness (QED) is 0.920. The lowest BCUT2D eigenvalue weighted by atomic mass is 10.1. The van der Waals surface area contributed by atoms with Crippen LogP contribution in [0, 0.1) is 0 Å². The van der Waals surface area contributed by atoms with E-state index in [0.29, 0.717) is 12.6 Å². The number of likely N-dealkylation sites (tertiary alicyclic amines) is 1. The van der Waals surface area contributed by atoms with Crippen LogP contribution in [0.2, 0.25) is 0 Å². The third-order valence-electron chi connectivity index (χ3n) is 4.67. The highest BCUT2D eigenvalue weighted by atomic mass is 16.2. The molecule has 3 rings (SSSR count). The molecule has 1 aromatic rings. The Morgan fingerprint density at radius 2 is 1.90 bits per heavy atom. The smallest absolute Gasteiger partial charge is 0.238 e. The van der Waals surface area contributed by atoms with Gasteiger partial charge in [-0.15, -0.1) is 0 Å². The fourth-order valence-corrected chi connectivity index (χ4v) is 3.44. The van der Waals surface area contributed by atoms with Crippen molar-refractivity contribution >= 4 is 5.91 Å². The molecule has 0 bridgehead atoms. The van der Waals surface area contributed by atoms with Crippen LogP contribution in [0.1, 0.15) is 37.9 Å². The first kappa shape index (κ1) is 14.5. The van der Waals surface area contributed by atoms with Crippen molar-refractivity contribution in [3.05, 3.63) is 35.9 Å². The van der Waals surface area contributed by atoms with Crippen LogP contribution in [-0.2, 0) is 4.79 Å². The van der Waals surface area contributed by atoms with E-state index in [0.717, 1.165) is 6.54 Å². The molecule has 2 saturated heterocycles. The van der Waals surface area contributed by atoms with Crippen LogP contribution < -0.4 is 5.32 Å². The number of carbonyl (C=O) groups excluding carboxylic acids is 1. The maximum Gasteiger partial charge on any atom is 0.238 e. The highest BCUT2D eigenvalue weighted by Crippen LogP contribution is 2.23. The van der Waals surface area contributed by atoms with Gasteiger partial charge in [-0.25, -0.2) is 0 Å². The van der Waals surface area contributed by atoms with E-state index in [-0.39, 0.29) is 12.1 Å². The molecule has 2 unspecified atom stereocenters. The van der Waals surface area contributed by atoms with Gasteiger partial charge in [0.05, 0.1) is 6.54 Å². The van der Waals surface area contributed by atoms with Crippen LogP contribution >= 0.6 is 0 Å². The topological polar surface area (TPSA) is 35.6 Å². The van der Waals surface area contributed by atoms with Crippen molar-refractivity contribution in [3.8, 4) is 0 Å². The molecule has 0 saturated carbocycles.